The molecule has 24 heavy (non-hydrogen) atoms. The minimum Gasteiger partial charge on any atom is -0.347 e. The number of benzene rings is 1. The van der Waals surface area contributed by atoms with E-state index in [1.165, 1.54) is 6.07 Å². The number of halogens is 1. The first-order valence-corrected chi connectivity index (χ1v) is 7.83. The molecule has 4 nitrogen and oxygen atoms in total. The first-order chi connectivity index (χ1) is 11.4. The summed E-state index contributed by atoms with van der Waals surface area (Å²) in [6.45, 7) is 3.76. The molecule has 0 aliphatic rings. The summed E-state index contributed by atoms with van der Waals surface area (Å²) in [5.41, 5.74) is 1.33. The van der Waals surface area contributed by atoms with Crippen molar-refractivity contribution in [3.05, 3.63) is 65.7 Å². The van der Waals surface area contributed by atoms with E-state index in [2.05, 4.69) is 10.3 Å². The maximum absolute atomic E-state index is 13.8. The van der Waals surface area contributed by atoms with Gasteiger partial charge >= 0.3 is 0 Å². The Morgan fingerprint density at radius 1 is 1.29 bits per heavy atom. The Bertz CT molecular complexity index is 899. The predicted molar refractivity (Wildman–Crippen MR) is 92.4 cm³/mol. The quantitative estimate of drug-likeness (QED) is 0.798. The highest BCUT2D eigenvalue weighted by Crippen LogP contribution is 2.18. The highest BCUT2D eigenvalue weighted by molar-refractivity contribution is 5.97. The van der Waals surface area contributed by atoms with Gasteiger partial charge in [0.05, 0.1) is 5.56 Å². The number of nitrogens with zero attached hydrogens (tertiary/aromatic N) is 2. The van der Waals surface area contributed by atoms with Crippen LogP contribution in [-0.2, 0) is 13.5 Å². The number of pyridine rings is 1. The second-order valence-corrected chi connectivity index (χ2v) is 6.67. The highest BCUT2D eigenvalue weighted by Gasteiger charge is 2.23. The van der Waals surface area contributed by atoms with E-state index in [1.54, 1.807) is 24.4 Å². The highest BCUT2D eigenvalue weighted by atomic mass is 19.1. The Balaban J connectivity index is 1.77. The van der Waals surface area contributed by atoms with Crippen LogP contribution < -0.4 is 5.32 Å². The topological polar surface area (TPSA) is 46.9 Å². The van der Waals surface area contributed by atoms with Crippen LogP contribution in [0.4, 0.5) is 4.39 Å². The van der Waals surface area contributed by atoms with E-state index in [-0.39, 0.29) is 11.7 Å². The molecular weight excluding hydrogens is 305 g/mol. The van der Waals surface area contributed by atoms with E-state index >= 15 is 0 Å². The molecule has 0 bridgehead atoms. The normalized spacial score (nSPS) is 11.7. The van der Waals surface area contributed by atoms with Crippen LogP contribution in [0.2, 0.25) is 0 Å². The van der Waals surface area contributed by atoms with Crippen molar-refractivity contribution in [2.45, 2.75) is 25.8 Å². The number of nitrogens with one attached hydrogen (secondary N) is 1. The first kappa shape index (κ1) is 16.2. The molecule has 1 aromatic carbocycles. The molecule has 0 aliphatic heterocycles. The Morgan fingerprint density at radius 3 is 2.79 bits per heavy atom. The van der Waals surface area contributed by atoms with Crippen molar-refractivity contribution in [2.24, 2.45) is 7.05 Å². The van der Waals surface area contributed by atoms with Crippen LogP contribution in [0.3, 0.4) is 0 Å². The summed E-state index contributed by atoms with van der Waals surface area (Å²) in [5, 5.41) is 3.88. The van der Waals surface area contributed by atoms with Gasteiger partial charge in [0.2, 0.25) is 0 Å². The lowest BCUT2D eigenvalue weighted by atomic mass is 9.94. The maximum atomic E-state index is 13.8. The standard InChI is InChI=1S/C19H20FN3O/c1-19(2,11-14-6-4-5-7-16(14)20)22-18(24)15-10-13-8-9-23(3)17(13)21-12-15/h4-10,12H,11H2,1-3H3,(H,22,24). The third kappa shape index (κ3) is 3.30. The molecule has 3 rings (SSSR count). The third-order valence-corrected chi connectivity index (χ3v) is 4.01. The average molecular weight is 325 g/mol. The van der Waals surface area contributed by atoms with Crippen LogP contribution in [0.1, 0.15) is 29.8 Å². The van der Waals surface area contributed by atoms with Gasteiger partial charge in [-0.2, -0.15) is 0 Å². The second kappa shape index (κ2) is 6.07. The van der Waals surface area contributed by atoms with Gasteiger partial charge in [-0.05, 0) is 44.0 Å². The summed E-state index contributed by atoms with van der Waals surface area (Å²) in [4.78, 5) is 16.9. The SMILES string of the molecule is Cn1ccc2cc(C(=O)NC(C)(C)Cc3ccccc3F)cnc21. The van der Waals surface area contributed by atoms with Gasteiger partial charge in [0, 0.05) is 30.4 Å². The minimum atomic E-state index is -0.578. The summed E-state index contributed by atoms with van der Waals surface area (Å²) in [7, 11) is 1.91. The van der Waals surface area contributed by atoms with E-state index in [0.29, 0.717) is 17.5 Å². The van der Waals surface area contributed by atoms with Crippen molar-refractivity contribution in [1.29, 1.82) is 0 Å². The van der Waals surface area contributed by atoms with E-state index in [4.69, 9.17) is 0 Å². The van der Waals surface area contributed by atoms with Gasteiger partial charge in [-0.25, -0.2) is 9.37 Å². The van der Waals surface area contributed by atoms with Crippen LogP contribution in [0, 0.1) is 5.82 Å². The van der Waals surface area contributed by atoms with E-state index < -0.39 is 5.54 Å². The van der Waals surface area contributed by atoms with Crippen LogP contribution in [0.5, 0.6) is 0 Å². The second-order valence-electron chi connectivity index (χ2n) is 6.67. The molecule has 0 saturated carbocycles. The molecular formula is C19H20FN3O. The Labute approximate surface area is 140 Å². The fraction of sp³-hybridized carbons (Fsp3) is 0.263. The molecule has 0 radical (unpaired) electrons. The molecule has 0 fully saturated rings. The van der Waals surface area contributed by atoms with E-state index in [0.717, 1.165) is 11.0 Å². The van der Waals surface area contributed by atoms with Crippen LogP contribution in [0.15, 0.2) is 48.8 Å². The molecule has 1 amide bonds. The first-order valence-electron chi connectivity index (χ1n) is 7.83. The maximum Gasteiger partial charge on any atom is 0.253 e. The zero-order valence-corrected chi connectivity index (χ0v) is 14.0. The van der Waals surface area contributed by atoms with Crippen LogP contribution in [-0.4, -0.2) is 21.0 Å². The molecule has 0 aliphatic carbocycles. The predicted octanol–water partition coefficient (Wildman–Crippen LogP) is 3.46. The van der Waals surface area contributed by atoms with Crippen molar-refractivity contribution >= 4 is 16.9 Å². The number of aryl methyl sites for hydroxylation is 1. The molecule has 0 spiro atoms. The zero-order valence-electron chi connectivity index (χ0n) is 14.0. The van der Waals surface area contributed by atoms with Gasteiger partial charge in [-0.1, -0.05) is 18.2 Å². The van der Waals surface area contributed by atoms with Crippen LogP contribution in [0.25, 0.3) is 11.0 Å². The number of aromatic nitrogens is 2. The van der Waals surface area contributed by atoms with E-state index in [1.807, 2.05) is 43.8 Å². The van der Waals surface area contributed by atoms with Crippen molar-refractivity contribution in [1.82, 2.24) is 14.9 Å². The molecule has 124 valence electrons. The molecule has 0 saturated heterocycles. The van der Waals surface area contributed by atoms with Crippen molar-refractivity contribution in [3.8, 4) is 0 Å². The largest absolute Gasteiger partial charge is 0.347 e. The monoisotopic (exact) mass is 325 g/mol. The molecule has 3 aromatic rings. The summed E-state index contributed by atoms with van der Waals surface area (Å²) < 4.78 is 15.7. The summed E-state index contributed by atoms with van der Waals surface area (Å²) in [5.74, 6) is -0.471. The molecule has 0 unspecified atom stereocenters. The van der Waals surface area contributed by atoms with Gasteiger partial charge in [-0.3, -0.25) is 4.79 Å². The van der Waals surface area contributed by atoms with E-state index in [9.17, 15) is 9.18 Å². The fourth-order valence-electron chi connectivity index (χ4n) is 2.82. The number of carbonyl (C=O) groups is 1. The summed E-state index contributed by atoms with van der Waals surface area (Å²) in [6.07, 6.45) is 3.88. The molecule has 0 atom stereocenters. The molecule has 5 heteroatoms. The van der Waals surface area contributed by atoms with Gasteiger partial charge in [0.15, 0.2) is 0 Å². The summed E-state index contributed by atoms with van der Waals surface area (Å²) in [6, 6.07) is 10.4. The number of amides is 1. The third-order valence-electron chi connectivity index (χ3n) is 4.01. The lowest BCUT2D eigenvalue weighted by molar-refractivity contribution is 0.0912. The molecule has 1 N–H and O–H groups in total. The number of hydrogen-bond donors (Lipinski definition) is 1. The average Bonchev–Trinajstić information content (AvgIpc) is 2.90. The van der Waals surface area contributed by atoms with Gasteiger partial charge in [0.1, 0.15) is 11.5 Å². The Morgan fingerprint density at radius 2 is 2.04 bits per heavy atom. The lowest BCUT2D eigenvalue weighted by Crippen LogP contribution is -2.45. The van der Waals surface area contributed by atoms with Gasteiger partial charge < -0.3 is 9.88 Å². The number of hydrogen-bond acceptors (Lipinski definition) is 2. The van der Waals surface area contributed by atoms with Crippen molar-refractivity contribution in [3.63, 3.8) is 0 Å². The minimum absolute atomic E-state index is 0.213. The van der Waals surface area contributed by atoms with Crippen LogP contribution >= 0.6 is 0 Å². The Hall–Kier alpha value is -2.69. The number of rotatable bonds is 4. The number of carbonyl (C=O) groups excluding carboxylic acids is 1. The molecule has 2 heterocycles. The lowest BCUT2D eigenvalue weighted by Gasteiger charge is -2.26. The molecule has 2 aromatic heterocycles. The van der Waals surface area contributed by atoms with Crippen molar-refractivity contribution in [2.75, 3.05) is 0 Å². The smallest absolute Gasteiger partial charge is 0.253 e. The van der Waals surface area contributed by atoms with Gasteiger partial charge in [0.25, 0.3) is 5.91 Å². The fourth-order valence-corrected chi connectivity index (χ4v) is 2.82. The Kier molecular flexibility index (Phi) is 4.09. The van der Waals surface area contributed by atoms with Gasteiger partial charge in [-0.15, -0.1) is 0 Å². The summed E-state index contributed by atoms with van der Waals surface area (Å²) >= 11 is 0. The number of fused-ring (bicyclic) bond motifs is 1. The van der Waals surface area contributed by atoms with Crippen molar-refractivity contribution < 1.29 is 9.18 Å². The zero-order chi connectivity index (χ0) is 17.3.